The fourth-order valence-corrected chi connectivity index (χ4v) is 3.02. The molecule has 0 bridgehead atoms. The quantitative estimate of drug-likeness (QED) is 0.850. The summed E-state index contributed by atoms with van der Waals surface area (Å²) in [5, 5.41) is 5.04. The van der Waals surface area contributed by atoms with Gasteiger partial charge in [-0.15, -0.1) is 11.3 Å². The number of aromatic nitrogens is 2. The summed E-state index contributed by atoms with van der Waals surface area (Å²) >= 11 is 6.64. The molecule has 2 heterocycles. The minimum atomic E-state index is -0.705. The normalized spacial score (nSPS) is 11.7. The fraction of sp³-hybridized carbons (Fsp3) is 0.417. The van der Waals surface area contributed by atoms with E-state index in [2.05, 4.69) is 10.3 Å². The Kier molecular flexibility index (Phi) is 3.60. The number of hydrogen-bond acceptors (Lipinski definition) is 4. The molecule has 1 amide bonds. The van der Waals surface area contributed by atoms with Crippen LogP contribution in [0.15, 0.2) is 16.2 Å². The van der Waals surface area contributed by atoms with Crippen LogP contribution in [0, 0.1) is 10.2 Å². The molecule has 0 unspecified atom stereocenters. The Morgan fingerprint density at radius 3 is 2.89 bits per heavy atom. The topological polar surface area (TPSA) is 66.9 Å². The lowest BCUT2D eigenvalue weighted by Crippen LogP contribution is -2.40. The van der Waals surface area contributed by atoms with Gasteiger partial charge in [-0.1, -0.05) is 0 Å². The van der Waals surface area contributed by atoms with E-state index in [0.29, 0.717) is 10.2 Å². The average Bonchev–Trinajstić information content (AvgIpc) is 2.81. The lowest BCUT2D eigenvalue weighted by molar-refractivity contribution is -0.129. The van der Waals surface area contributed by atoms with Gasteiger partial charge in [0.2, 0.25) is 5.91 Å². The first-order chi connectivity index (χ1) is 8.86. The molecule has 0 radical (unpaired) electrons. The number of H-pyrrole nitrogens is 1. The number of thiophene rings is 1. The van der Waals surface area contributed by atoms with Gasteiger partial charge in [-0.2, -0.15) is 0 Å². The highest BCUT2D eigenvalue weighted by atomic mass is 32.1. The molecule has 0 aliphatic heterocycles. The van der Waals surface area contributed by atoms with Crippen LogP contribution >= 0.6 is 23.6 Å². The summed E-state index contributed by atoms with van der Waals surface area (Å²) < 4.78 is 1.79. The maximum atomic E-state index is 12.4. The van der Waals surface area contributed by atoms with Gasteiger partial charge in [0.1, 0.15) is 4.83 Å². The SMILES string of the molecule is CNC(=O)C(C)(C)Cn1c(=S)[nH]c2sccc2c1=O. The zero-order chi connectivity index (χ0) is 14.2. The summed E-state index contributed by atoms with van der Waals surface area (Å²) in [4.78, 5) is 27.9. The Bertz CT molecular complexity index is 739. The maximum absolute atomic E-state index is 12.4. The van der Waals surface area contributed by atoms with Gasteiger partial charge in [-0.3, -0.25) is 14.2 Å². The van der Waals surface area contributed by atoms with Crippen molar-refractivity contribution >= 4 is 39.7 Å². The van der Waals surface area contributed by atoms with E-state index in [0.717, 1.165) is 4.83 Å². The van der Waals surface area contributed by atoms with Crippen LogP contribution in [0.5, 0.6) is 0 Å². The number of rotatable bonds is 3. The number of nitrogens with one attached hydrogen (secondary N) is 2. The van der Waals surface area contributed by atoms with E-state index in [9.17, 15) is 9.59 Å². The molecule has 2 N–H and O–H groups in total. The van der Waals surface area contributed by atoms with Gasteiger partial charge in [0.05, 0.1) is 10.8 Å². The monoisotopic (exact) mass is 297 g/mol. The van der Waals surface area contributed by atoms with Crippen LogP contribution in [0.4, 0.5) is 0 Å². The van der Waals surface area contributed by atoms with Crippen molar-refractivity contribution in [3.05, 3.63) is 26.6 Å². The summed E-state index contributed by atoms with van der Waals surface area (Å²) in [6.07, 6.45) is 0. The molecule has 2 aromatic rings. The molecule has 0 saturated carbocycles. The van der Waals surface area contributed by atoms with E-state index in [1.807, 2.05) is 5.38 Å². The zero-order valence-corrected chi connectivity index (χ0v) is 12.6. The highest BCUT2D eigenvalue weighted by molar-refractivity contribution is 7.71. The van der Waals surface area contributed by atoms with E-state index >= 15 is 0 Å². The Labute approximate surface area is 119 Å². The second-order valence-corrected chi connectivity index (χ2v) is 6.25. The molecule has 5 nitrogen and oxygen atoms in total. The number of carbonyl (C=O) groups is 1. The highest BCUT2D eigenvalue weighted by Crippen LogP contribution is 2.19. The third-order valence-corrected chi connectivity index (χ3v) is 4.15. The summed E-state index contributed by atoms with van der Waals surface area (Å²) in [6, 6.07) is 1.76. The van der Waals surface area contributed by atoms with Gasteiger partial charge in [-0.25, -0.2) is 0 Å². The lowest BCUT2D eigenvalue weighted by Gasteiger charge is -2.23. The Balaban J connectivity index is 2.55. The molecular formula is C12H15N3O2S2. The highest BCUT2D eigenvalue weighted by Gasteiger charge is 2.28. The van der Waals surface area contributed by atoms with Crippen molar-refractivity contribution in [3.8, 4) is 0 Å². The van der Waals surface area contributed by atoms with Gasteiger partial charge in [0, 0.05) is 13.6 Å². The molecule has 2 aromatic heterocycles. The average molecular weight is 297 g/mol. The molecular weight excluding hydrogens is 282 g/mol. The minimum absolute atomic E-state index is 0.126. The fourth-order valence-electron chi connectivity index (χ4n) is 1.93. The first-order valence-electron chi connectivity index (χ1n) is 5.79. The molecule has 0 aliphatic carbocycles. The van der Waals surface area contributed by atoms with Crippen molar-refractivity contribution in [3.63, 3.8) is 0 Å². The summed E-state index contributed by atoms with van der Waals surface area (Å²) in [5.74, 6) is -0.126. The molecule has 0 aliphatic rings. The molecule has 0 atom stereocenters. The van der Waals surface area contributed by atoms with Crippen molar-refractivity contribution in [1.29, 1.82) is 0 Å². The summed E-state index contributed by atoms with van der Waals surface area (Å²) in [5.41, 5.74) is -0.860. The summed E-state index contributed by atoms with van der Waals surface area (Å²) in [6.45, 7) is 3.81. The zero-order valence-electron chi connectivity index (χ0n) is 10.9. The van der Waals surface area contributed by atoms with Crippen LogP contribution in [-0.4, -0.2) is 22.5 Å². The van der Waals surface area contributed by atoms with Gasteiger partial charge in [0.15, 0.2) is 4.77 Å². The van der Waals surface area contributed by atoms with Crippen LogP contribution < -0.4 is 10.9 Å². The second-order valence-electron chi connectivity index (χ2n) is 4.95. The van der Waals surface area contributed by atoms with Crippen LogP contribution in [0.3, 0.4) is 0 Å². The smallest absolute Gasteiger partial charge is 0.263 e. The number of fused-ring (bicyclic) bond motifs is 1. The van der Waals surface area contributed by atoms with Gasteiger partial charge < -0.3 is 10.3 Å². The van der Waals surface area contributed by atoms with Gasteiger partial charge >= 0.3 is 0 Å². The molecule has 2 rings (SSSR count). The van der Waals surface area contributed by atoms with E-state index in [1.54, 1.807) is 27.0 Å². The Hall–Kier alpha value is -1.47. The summed E-state index contributed by atoms with van der Waals surface area (Å²) in [7, 11) is 1.58. The lowest BCUT2D eigenvalue weighted by atomic mass is 9.92. The van der Waals surface area contributed by atoms with Crippen LogP contribution in [-0.2, 0) is 11.3 Å². The van der Waals surface area contributed by atoms with Crippen molar-refractivity contribution in [2.24, 2.45) is 5.41 Å². The molecule has 0 fully saturated rings. The predicted molar refractivity (Wildman–Crippen MR) is 79.1 cm³/mol. The first-order valence-corrected chi connectivity index (χ1v) is 7.08. The molecule has 0 aromatic carbocycles. The number of nitrogens with zero attached hydrogens (tertiary/aromatic N) is 1. The maximum Gasteiger partial charge on any atom is 0.263 e. The van der Waals surface area contributed by atoms with Crippen molar-refractivity contribution in [2.45, 2.75) is 20.4 Å². The van der Waals surface area contributed by atoms with Crippen LogP contribution in [0.25, 0.3) is 10.2 Å². The number of hydrogen-bond donors (Lipinski definition) is 2. The van der Waals surface area contributed by atoms with Crippen molar-refractivity contribution < 1.29 is 4.79 Å². The Morgan fingerprint density at radius 1 is 1.58 bits per heavy atom. The van der Waals surface area contributed by atoms with Gasteiger partial charge in [-0.05, 0) is 37.5 Å². The molecule has 102 valence electrons. The minimum Gasteiger partial charge on any atom is -0.359 e. The second kappa shape index (κ2) is 4.90. The standard InChI is InChI=1S/C12H15N3O2S2/c1-12(2,10(17)13-3)6-15-9(16)7-4-5-19-8(7)14-11(15)18/h4-5H,6H2,1-3H3,(H,13,17)(H,14,18). The number of carbonyl (C=O) groups excluding carboxylic acids is 1. The van der Waals surface area contributed by atoms with Crippen molar-refractivity contribution in [1.82, 2.24) is 14.9 Å². The van der Waals surface area contributed by atoms with E-state index < -0.39 is 5.41 Å². The van der Waals surface area contributed by atoms with Crippen LogP contribution in [0.1, 0.15) is 13.8 Å². The first kappa shape index (κ1) is 14.0. The van der Waals surface area contributed by atoms with E-state index in [4.69, 9.17) is 12.2 Å². The van der Waals surface area contributed by atoms with E-state index in [-0.39, 0.29) is 18.0 Å². The molecule has 0 saturated heterocycles. The Morgan fingerprint density at radius 2 is 2.26 bits per heavy atom. The molecule has 19 heavy (non-hydrogen) atoms. The van der Waals surface area contributed by atoms with Gasteiger partial charge in [0.25, 0.3) is 5.56 Å². The third-order valence-electron chi connectivity index (χ3n) is 3.00. The number of aromatic amines is 1. The third kappa shape index (κ3) is 2.48. The molecule has 0 spiro atoms. The van der Waals surface area contributed by atoms with E-state index in [1.165, 1.54) is 15.9 Å². The molecule has 7 heteroatoms. The predicted octanol–water partition coefficient (Wildman–Crippen LogP) is 1.89. The van der Waals surface area contributed by atoms with Crippen molar-refractivity contribution in [2.75, 3.05) is 7.05 Å². The largest absolute Gasteiger partial charge is 0.359 e. The number of amides is 1. The van der Waals surface area contributed by atoms with Crippen LogP contribution in [0.2, 0.25) is 0 Å².